The molecule has 3 aromatic rings. The van der Waals surface area contributed by atoms with Crippen LogP contribution < -0.4 is 10.5 Å². The van der Waals surface area contributed by atoms with Crippen LogP contribution in [0.25, 0.3) is 11.2 Å². The van der Waals surface area contributed by atoms with Gasteiger partial charge in [0.2, 0.25) is 5.62 Å². The van der Waals surface area contributed by atoms with E-state index in [0.717, 1.165) is 50.1 Å². The first-order chi connectivity index (χ1) is 20.4. The fourth-order valence-corrected chi connectivity index (χ4v) is 6.88. The Morgan fingerprint density at radius 1 is 1.14 bits per heavy atom. The lowest BCUT2D eigenvalue weighted by Gasteiger charge is -2.50. The lowest BCUT2D eigenvalue weighted by molar-refractivity contribution is -0.127. The number of anilines is 1. The van der Waals surface area contributed by atoms with Crippen molar-refractivity contribution >= 4 is 23.3 Å². The monoisotopic (exact) mass is 600 g/mol. The molecule has 5 rings (SSSR count). The van der Waals surface area contributed by atoms with Crippen molar-refractivity contribution in [3.05, 3.63) is 46.8 Å². The molecule has 2 aliphatic heterocycles. The van der Waals surface area contributed by atoms with E-state index in [1.54, 1.807) is 12.1 Å². The van der Waals surface area contributed by atoms with Crippen molar-refractivity contribution in [2.75, 3.05) is 24.6 Å². The summed E-state index contributed by atoms with van der Waals surface area (Å²) in [5.41, 5.74) is 2.62. The average molecular weight is 601 g/mol. The SMILES string of the molecule is CC[C@@H]1CN(c2nc(=N)n(C=N)c3c2nc(C)n3C[C@@H]2CCCO2)[C@@H](C)CN1[C@@H](c1ccc(CC(F)(F)F)cc1)C(C)C. The molecule has 0 unspecified atom stereocenters. The molecule has 1 aromatic carbocycles. The fourth-order valence-electron chi connectivity index (χ4n) is 6.88. The van der Waals surface area contributed by atoms with Crippen LogP contribution in [0.5, 0.6) is 0 Å². The number of benzene rings is 1. The summed E-state index contributed by atoms with van der Waals surface area (Å²) in [7, 11) is 0. The molecule has 0 bridgehead atoms. The van der Waals surface area contributed by atoms with Crippen molar-refractivity contribution in [3.8, 4) is 0 Å². The highest BCUT2D eigenvalue weighted by molar-refractivity contribution is 5.88. The summed E-state index contributed by atoms with van der Waals surface area (Å²) >= 11 is 0. The summed E-state index contributed by atoms with van der Waals surface area (Å²) in [6.07, 6.45) is -1.10. The van der Waals surface area contributed by atoms with E-state index in [1.807, 2.05) is 19.1 Å². The molecule has 43 heavy (non-hydrogen) atoms. The molecule has 0 aliphatic carbocycles. The molecule has 0 saturated carbocycles. The van der Waals surface area contributed by atoms with Crippen LogP contribution in [0.15, 0.2) is 24.3 Å². The van der Waals surface area contributed by atoms with Gasteiger partial charge in [-0.15, -0.1) is 0 Å². The van der Waals surface area contributed by atoms with E-state index in [-0.39, 0.29) is 41.3 Å². The Balaban J connectivity index is 1.48. The standard InChI is InChI=1S/C31H43F3N8O/c1-6-24-16-39(20(4)15-41(24)27(19(2)3)23-11-9-22(10-12-23)14-31(32,33)34)28-26-29(42(18-35)30(36)38-28)40(21(5)37-26)17-25-8-7-13-43-25/h9-12,18-20,24-25,27,35-36H,6-8,13-17H2,1-5H3/t20-,24+,25-,27+/m0/s1. The Kier molecular flexibility index (Phi) is 8.99. The van der Waals surface area contributed by atoms with Crippen molar-refractivity contribution in [2.24, 2.45) is 5.92 Å². The van der Waals surface area contributed by atoms with Crippen LogP contribution >= 0.6 is 0 Å². The van der Waals surface area contributed by atoms with E-state index in [2.05, 4.69) is 42.1 Å². The first-order valence-electron chi connectivity index (χ1n) is 15.3. The Bertz CT molecular complexity index is 1490. The van der Waals surface area contributed by atoms with Gasteiger partial charge in [-0.25, -0.2) is 4.98 Å². The Morgan fingerprint density at radius 3 is 2.44 bits per heavy atom. The first kappa shape index (κ1) is 31.2. The third-order valence-electron chi connectivity index (χ3n) is 8.89. The molecular weight excluding hydrogens is 557 g/mol. The Hall–Kier alpha value is -3.25. The number of nitrogens with one attached hydrogen (secondary N) is 2. The normalized spacial score (nSPS) is 22.5. The van der Waals surface area contributed by atoms with Gasteiger partial charge in [-0.3, -0.25) is 20.3 Å². The summed E-state index contributed by atoms with van der Waals surface area (Å²) in [6.45, 7) is 13.3. The van der Waals surface area contributed by atoms with Crippen molar-refractivity contribution in [1.82, 2.24) is 24.0 Å². The van der Waals surface area contributed by atoms with Crippen LogP contribution in [0.4, 0.5) is 19.0 Å². The minimum absolute atomic E-state index is 0.0207. The number of hydrogen-bond acceptors (Lipinski definition) is 7. The first-order valence-corrected chi connectivity index (χ1v) is 15.3. The summed E-state index contributed by atoms with van der Waals surface area (Å²) in [6, 6.07) is 7.13. The number of imidazole rings is 1. The van der Waals surface area contributed by atoms with Crippen LogP contribution in [0.2, 0.25) is 0 Å². The zero-order chi connectivity index (χ0) is 31.1. The van der Waals surface area contributed by atoms with E-state index in [4.69, 9.17) is 25.5 Å². The topological polar surface area (TPSA) is 99.1 Å². The van der Waals surface area contributed by atoms with Gasteiger partial charge in [0.1, 0.15) is 11.3 Å². The molecule has 4 heterocycles. The molecule has 2 aliphatic rings. The van der Waals surface area contributed by atoms with Gasteiger partial charge in [-0.2, -0.15) is 18.2 Å². The molecule has 2 N–H and O–H groups in total. The van der Waals surface area contributed by atoms with Gasteiger partial charge in [0.05, 0.1) is 25.4 Å². The highest BCUT2D eigenvalue weighted by Gasteiger charge is 2.38. The van der Waals surface area contributed by atoms with Crippen LogP contribution in [0.1, 0.15) is 70.0 Å². The molecule has 4 atom stereocenters. The summed E-state index contributed by atoms with van der Waals surface area (Å²) in [5, 5.41) is 16.8. The molecule has 2 saturated heterocycles. The number of hydrogen-bond donors (Lipinski definition) is 2. The predicted octanol–water partition coefficient (Wildman–Crippen LogP) is 5.45. The number of alkyl halides is 3. The number of aryl methyl sites for hydroxylation is 1. The van der Waals surface area contributed by atoms with Gasteiger partial charge >= 0.3 is 6.18 Å². The smallest absolute Gasteiger partial charge is 0.376 e. The number of ether oxygens (including phenoxy) is 1. The molecule has 2 aromatic heterocycles. The lowest BCUT2D eigenvalue weighted by atomic mass is 9.89. The van der Waals surface area contributed by atoms with Gasteiger partial charge in [0.15, 0.2) is 11.5 Å². The fraction of sp³-hybridized carbons (Fsp3) is 0.613. The van der Waals surface area contributed by atoms with Gasteiger partial charge in [0.25, 0.3) is 0 Å². The van der Waals surface area contributed by atoms with Crippen molar-refractivity contribution < 1.29 is 17.9 Å². The Labute approximate surface area is 250 Å². The lowest BCUT2D eigenvalue weighted by Crippen LogP contribution is -2.59. The second kappa shape index (κ2) is 12.4. The number of halogens is 3. The maximum Gasteiger partial charge on any atom is 0.393 e. The van der Waals surface area contributed by atoms with Gasteiger partial charge in [-0.1, -0.05) is 45.0 Å². The van der Waals surface area contributed by atoms with E-state index >= 15 is 0 Å². The maximum atomic E-state index is 13.0. The van der Waals surface area contributed by atoms with Crippen LogP contribution in [0.3, 0.4) is 0 Å². The van der Waals surface area contributed by atoms with E-state index in [9.17, 15) is 13.2 Å². The third kappa shape index (κ3) is 6.35. The molecular formula is C31H43F3N8O. The molecule has 2 fully saturated rings. The van der Waals surface area contributed by atoms with E-state index in [1.165, 1.54) is 4.57 Å². The third-order valence-corrected chi connectivity index (χ3v) is 8.89. The van der Waals surface area contributed by atoms with Gasteiger partial charge in [-0.05, 0) is 50.2 Å². The minimum atomic E-state index is -4.23. The predicted molar refractivity (Wildman–Crippen MR) is 161 cm³/mol. The summed E-state index contributed by atoms with van der Waals surface area (Å²) < 4.78 is 48.3. The highest BCUT2D eigenvalue weighted by atomic mass is 19.4. The minimum Gasteiger partial charge on any atom is -0.376 e. The van der Waals surface area contributed by atoms with E-state index in [0.29, 0.717) is 30.1 Å². The molecule has 0 spiro atoms. The highest BCUT2D eigenvalue weighted by Crippen LogP contribution is 2.37. The number of piperazine rings is 1. The van der Waals surface area contributed by atoms with Crippen molar-refractivity contribution in [2.45, 2.75) is 97.3 Å². The zero-order valence-corrected chi connectivity index (χ0v) is 25.7. The van der Waals surface area contributed by atoms with Gasteiger partial charge < -0.3 is 14.2 Å². The van der Waals surface area contributed by atoms with Crippen molar-refractivity contribution in [1.29, 1.82) is 10.8 Å². The number of rotatable bonds is 9. The molecule has 0 radical (unpaired) electrons. The number of nitrogens with zero attached hydrogens (tertiary/aromatic N) is 6. The Morgan fingerprint density at radius 2 is 1.86 bits per heavy atom. The van der Waals surface area contributed by atoms with Gasteiger partial charge in [0, 0.05) is 37.8 Å². The zero-order valence-electron chi connectivity index (χ0n) is 25.7. The largest absolute Gasteiger partial charge is 0.393 e. The molecule has 234 valence electrons. The van der Waals surface area contributed by atoms with Crippen LogP contribution in [-0.2, 0) is 17.7 Å². The maximum absolute atomic E-state index is 13.0. The number of fused-ring (bicyclic) bond motifs is 1. The summed E-state index contributed by atoms with van der Waals surface area (Å²) in [5.74, 6) is 1.68. The van der Waals surface area contributed by atoms with Crippen LogP contribution in [0, 0.1) is 23.7 Å². The molecule has 9 nitrogen and oxygen atoms in total. The molecule has 12 heteroatoms. The second-order valence-corrected chi connectivity index (χ2v) is 12.3. The van der Waals surface area contributed by atoms with Crippen LogP contribution in [-0.4, -0.2) is 74.4 Å². The van der Waals surface area contributed by atoms with E-state index < -0.39 is 12.6 Å². The average Bonchev–Trinajstić information content (AvgIpc) is 3.57. The summed E-state index contributed by atoms with van der Waals surface area (Å²) in [4.78, 5) is 14.4. The second-order valence-electron chi connectivity index (χ2n) is 12.3. The molecule has 0 amide bonds. The van der Waals surface area contributed by atoms with Crippen molar-refractivity contribution in [3.63, 3.8) is 0 Å². The quantitative estimate of drug-likeness (QED) is 0.252. The number of aromatic nitrogens is 4.